The van der Waals surface area contributed by atoms with Gasteiger partial charge < -0.3 is 10.3 Å². The number of aryl methyl sites for hydroxylation is 1. The van der Waals surface area contributed by atoms with Gasteiger partial charge in [0.25, 0.3) is 0 Å². The zero-order chi connectivity index (χ0) is 13.5. The first-order valence-corrected chi connectivity index (χ1v) is 6.78. The van der Waals surface area contributed by atoms with Gasteiger partial charge in [0, 0.05) is 5.92 Å². The van der Waals surface area contributed by atoms with Gasteiger partial charge in [0.15, 0.2) is 5.82 Å². The Labute approximate surface area is 113 Å². The molecule has 1 aliphatic rings. The average molecular weight is 257 g/mol. The van der Waals surface area contributed by atoms with Crippen LogP contribution in [-0.2, 0) is 18.4 Å². The second-order valence-electron chi connectivity index (χ2n) is 5.71. The lowest BCUT2D eigenvalue weighted by Gasteiger charge is -2.31. The van der Waals surface area contributed by atoms with Crippen molar-refractivity contribution in [2.75, 3.05) is 0 Å². The van der Waals surface area contributed by atoms with Gasteiger partial charge in [-0.05, 0) is 30.4 Å². The first kappa shape index (κ1) is 12.4. The van der Waals surface area contributed by atoms with Crippen LogP contribution in [0.25, 0.3) is 0 Å². The minimum Gasteiger partial charge on any atom is -0.339 e. The van der Waals surface area contributed by atoms with Crippen LogP contribution in [0.15, 0.2) is 28.8 Å². The van der Waals surface area contributed by atoms with E-state index in [2.05, 4.69) is 34.4 Å². The lowest BCUT2D eigenvalue weighted by Crippen LogP contribution is -2.43. The van der Waals surface area contributed by atoms with Crippen molar-refractivity contribution < 1.29 is 4.52 Å². The van der Waals surface area contributed by atoms with E-state index in [1.807, 2.05) is 13.8 Å². The standard InChI is InChI=1S/C15H19N3O/c1-10(2)13-17-14(18-19-13)15(16)8-7-11-5-3-4-6-12(11)9-15/h3-6,10H,7-9,16H2,1-2H3. The zero-order valence-corrected chi connectivity index (χ0v) is 11.4. The number of nitrogens with two attached hydrogens (primary N) is 1. The van der Waals surface area contributed by atoms with Crippen LogP contribution in [0.5, 0.6) is 0 Å². The molecule has 3 rings (SSSR count). The van der Waals surface area contributed by atoms with Crippen molar-refractivity contribution in [3.63, 3.8) is 0 Å². The van der Waals surface area contributed by atoms with E-state index in [0.29, 0.717) is 11.7 Å². The molecular weight excluding hydrogens is 238 g/mol. The molecule has 4 nitrogen and oxygen atoms in total. The Morgan fingerprint density at radius 1 is 1.26 bits per heavy atom. The third-order valence-corrected chi connectivity index (χ3v) is 3.85. The number of fused-ring (bicyclic) bond motifs is 1. The zero-order valence-electron chi connectivity index (χ0n) is 11.4. The molecular formula is C15H19N3O. The van der Waals surface area contributed by atoms with Crippen LogP contribution in [0.2, 0.25) is 0 Å². The van der Waals surface area contributed by atoms with Gasteiger partial charge in [0.1, 0.15) is 0 Å². The minimum atomic E-state index is -0.495. The van der Waals surface area contributed by atoms with Crippen LogP contribution in [0, 0.1) is 0 Å². The van der Waals surface area contributed by atoms with Crippen molar-refractivity contribution in [1.29, 1.82) is 0 Å². The highest BCUT2D eigenvalue weighted by molar-refractivity contribution is 5.33. The molecule has 0 saturated heterocycles. The van der Waals surface area contributed by atoms with Gasteiger partial charge in [-0.3, -0.25) is 0 Å². The van der Waals surface area contributed by atoms with E-state index in [0.717, 1.165) is 19.3 Å². The summed E-state index contributed by atoms with van der Waals surface area (Å²) in [7, 11) is 0. The summed E-state index contributed by atoms with van der Waals surface area (Å²) >= 11 is 0. The van der Waals surface area contributed by atoms with Gasteiger partial charge in [-0.2, -0.15) is 4.98 Å². The smallest absolute Gasteiger partial charge is 0.229 e. The Kier molecular flexibility index (Phi) is 2.90. The van der Waals surface area contributed by atoms with E-state index in [9.17, 15) is 0 Å². The number of nitrogens with zero attached hydrogens (tertiary/aromatic N) is 2. The number of hydrogen-bond donors (Lipinski definition) is 1. The van der Waals surface area contributed by atoms with E-state index in [1.54, 1.807) is 0 Å². The van der Waals surface area contributed by atoms with E-state index in [1.165, 1.54) is 11.1 Å². The molecule has 1 atom stereocenters. The third-order valence-electron chi connectivity index (χ3n) is 3.85. The van der Waals surface area contributed by atoms with E-state index >= 15 is 0 Å². The van der Waals surface area contributed by atoms with Crippen molar-refractivity contribution in [3.05, 3.63) is 47.1 Å². The monoisotopic (exact) mass is 257 g/mol. The van der Waals surface area contributed by atoms with Gasteiger partial charge >= 0.3 is 0 Å². The molecule has 1 heterocycles. The third kappa shape index (κ3) is 2.16. The summed E-state index contributed by atoms with van der Waals surface area (Å²) < 4.78 is 5.29. The highest BCUT2D eigenvalue weighted by atomic mass is 16.5. The summed E-state index contributed by atoms with van der Waals surface area (Å²) in [6.07, 6.45) is 2.61. The molecule has 1 aromatic carbocycles. The predicted molar refractivity (Wildman–Crippen MR) is 72.7 cm³/mol. The van der Waals surface area contributed by atoms with Gasteiger partial charge in [-0.25, -0.2) is 0 Å². The van der Waals surface area contributed by atoms with Crippen molar-refractivity contribution in [2.45, 2.75) is 44.6 Å². The molecule has 0 bridgehead atoms. The SMILES string of the molecule is CC(C)c1nc(C2(N)CCc3ccccc3C2)no1. The topological polar surface area (TPSA) is 64.9 Å². The van der Waals surface area contributed by atoms with E-state index in [4.69, 9.17) is 10.3 Å². The molecule has 19 heavy (non-hydrogen) atoms. The molecule has 0 spiro atoms. The molecule has 100 valence electrons. The number of hydrogen-bond acceptors (Lipinski definition) is 4. The van der Waals surface area contributed by atoms with Crippen LogP contribution in [0.1, 0.15) is 49.0 Å². The lowest BCUT2D eigenvalue weighted by atomic mass is 9.78. The van der Waals surface area contributed by atoms with Crippen LogP contribution in [-0.4, -0.2) is 10.1 Å². The van der Waals surface area contributed by atoms with Crippen molar-refractivity contribution in [3.8, 4) is 0 Å². The molecule has 2 N–H and O–H groups in total. The Bertz CT molecular complexity index is 591. The van der Waals surface area contributed by atoms with Gasteiger partial charge in [0.05, 0.1) is 5.54 Å². The Morgan fingerprint density at radius 3 is 2.68 bits per heavy atom. The molecule has 0 aliphatic heterocycles. The fourth-order valence-corrected chi connectivity index (χ4v) is 2.62. The molecule has 1 aromatic heterocycles. The average Bonchev–Trinajstić information content (AvgIpc) is 2.89. The summed E-state index contributed by atoms with van der Waals surface area (Å²) in [6, 6.07) is 8.44. The fourth-order valence-electron chi connectivity index (χ4n) is 2.62. The fraction of sp³-hybridized carbons (Fsp3) is 0.467. The molecule has 0 fully saturated rings. The van der Waals surface area contributed by atoms with Crippen molar-refractivity contribution >= 4 is 0 Å². The molecule has 4 heteroatoms. The number of rotatable bonds is 2. The Hall–Kier alpha value is -1.68. The highest BCUT2D eigenvalue weighted by Gasteiger charge is 2.36. The Balaban J connectivity index is 1.92. The molecule has 0 amide bonds. The van der Waals surface area contributed by atoms with Crippen LogP contribution < -0.4 is 5.73 Å². The first-order chi connectivity index (χ1) is 9.08. The summed E-state index contributed by atoms with van der Waals surface area (Å²) in [5.41, 5.74) is 8.71. The van der Waals surface area contributed by atoms with Gasteiger partial charge in [0.2, 0.25) is 5.89 Å². The minimum absolute atomic E-state index is 0.237. The second kappa shape index (κ2) is 4.46. The van der Waals surface area contributed by atoms with Gasteiger partial charge in [-0.1, -0.05) is 43.3 Å². The lowest BCUT2D eigenvalue weighted by molar-refractivity contribution is 0.321. The Morgan fingerprint density at radius 2 is 2.00 bits per heavy atom. The maximum absolute atomic E-state index is 6.52. The predicted octanol–water partition coefficient (Wildman–Crippen LogP) is 2.54. The van der Waals surface area contributed by atoms with Crippen molar-refractivity contribution in [2.24, 2.45) is 5.73 Å². The summed E-state index contributed by atoms with van der Waals surface area (Å²) in [4.78, 5) is 4.48. The summed E-state index contributed by atoms with van der Waals surface area (Å²) in [5.74, 6) is 1.55. The normalized spacial score (nSPS) is 22.5. The van der Waals surface area contributed by atoms with Crippen LogP contribution in [0.3, 0.4) is 0 Å². The molecule has 2 aromatic rings. The van der Waals surface area contributed by atoms with E-state index < -0.39 is 5.54 Å². The molecule has 0 saturated carbocycles. The highest BCUT2D eigenvalue weighted by Crippen LogP contribution is 2.33. The first-order valence-electron chi connectivity index (χ1n) is 6.78. The van der Waals surface area contributed by atoms with E-state index in [-0.39, 0.29) is 5.92 Å². The molecule has 0 radical (unpaired) electrons. The summed E-state index contributed by atoms with van der Waals surface area (Å²) in [6.45, 7) is 4.08. The quantitative estimate of drug-likeness (QED) is 0.898. The molecule has 1 unspecified atom stereocenters. The summed E-state index contributed by atoms with van der Waals surface area (Å²) in [5, 5.41) is 4.09. The second-order valence-corrected chi connectivity index (χ2v) is 5.71. The van der Waals surface area contributed by atoms with Crippen molar-refractivity contribution in [1.82, 2.24) is 10.1 Å². The maximum Gasteiger partial charge on any atom is 0.229 e. The van der Waals surface area contributed by atoms with Crippen LogP contribution in [0.4, 0.5) is 0 Å². The van der Waals surface area contributed by atoms with Crippen LogP contribution >= 0.6 is 0 Å². The van der Waals surface area contributed by atoms with Gasteiger partial charge in [-0.15, -0.1) is 0 Å². The maximum atomic E-state index is 6.52. The number of aromatic nitrogens is 2. The number of benzene rings is 1. The molecule has 1 aliphatic carbocycles. The largest absolute Gasteiger partial charge is 0.339 e.